The Kier molecular flexibility index (Phi) is 14.3. The van der Waals surface area contributed by atoms with Crippen molar-refractivity contribution >= 4 is 29.8 Å². The maximum absolute atomic E-state index is 14.2. The van der Waals surface area contributed by atoms with Crippen LogP contribution < -0.4 is 27.4 Å². The van der Waals surface area contributed by atoms with Crippen molar-refractivity contribution in [2.75, 3.05) is 19.7 Å². The average Bonchev–Trinajstić information content (AvgIpc) is 3.06. The molecule has 15 nitrogen and oxygen atoms in total. The van der Waals surface area contributed by atoms with Crippen LogP contribution in [0.3, 0.4) is 0 Å². The molecule has 4 amide bonds. The number of hydrazone groups is 1. The van der Waals surface area contributed by atoms with Gasteiger partial charge in [0.2, 0.25) is 11.8 Å². The summed E-state index contributed by atoms with van der Waals surface area (Å²) in [6.45, 7) is 1.71. The fourth-order valence-electron chi connectivity index (χ4n) is 4.91. The number of guanidine groups is 1. The summed E-state index contributed by atoms with van der Waals surface area (Å²) >= 11 is 0. The molecule has 0 unspecified atom stereocenters. The van der Waals surface area contributed by atoms with Crippen LogP contribution in [0.1, 0.15) is 47.9 Å². The largest absolute Gasteiger partial charge is 0.465 e. The number of urea groups is 1. The fraction of sp³-hybridized carbons (Fsp3) is 0.303. The van der Waals surface area contributed by atoms with Gasteiger partial charge in [-0.05, 0) is 42.0 Å². The summed E-state index contributed by atoms with van der Waals surface area (Å²) in [6.07, 6.45) is 0.345. The first-order chi connectivity index (χ1) is 23.1. The van der Waals surface area contributed by atoms with Crippen LogP contribution in [0.2, 0.25) is 0 Å². The number of benzene rings is 3. The Balaban J connectivity index is 1.91. The van der Waals surface area contributed by atoms with E-state index in [1.807, 2.05) is 60.7 Å². The molecule has 7 N–H and O–H groups in total. The van der Waals surface area contributed by atoms with Crippen LogP contribution in [0.5, 0.6) is 0 Å². The number of esters is 1. The second-order valence-electron chi connectivity index (χ2n) is 10.6. The molecule has 1 atom stereocenters. The summed E-state index contributed by atoms with van der Waals surface area (Å²) in [4.78, 5) is 63.9. The van der Waals surface area contributed by atoms with Gasteiger partial charge in [0.05, 0.1) is 12.5 Å². The molecule has 0 aromatic heterocycles. The van der Waals surface area contributed by atoms with Gasteiger partial charge in [0, 0.05) is 19.6 Å². The molecule has 254 valence electrons. The number of carbonyl (C=O) groups is 4. The van der Waals surface area contributed by atoms with E-state index in [0.717, 1.165) is 5.56 Å². The summed E-state index contributed by atoms with van der Waals surface area (Å²) in [5, 5.41) is 20.7. The molecule has 0 saturated carbocycles. The smallest absolute Gasteiger partial charge is 0.325 e. The first-order valence-corrected chi connectivity index (χ1v) is 15.3. The Morgan fingerprint density at radius 3 is 2.02 bits per heavy atom. The molecule has 0 aliphatic heterocycles. The van der Waals surface area contributed by atoms with Crippen LogP contribution in [0, 0.1) is 10.1 Å². The van der Waals surface area contributed by atoms with Gasteiger partial charge in [-0.1, -0.05) is 84.9 Å². The van der Waals surface area contributed by atoms with Crippen LogP contribution in [0.25, 0.3) is 0 Å². The molecule has 0 radical (unpaired) electrons. The number of hydrogen-bond acceptors (Lipinski definition) is 7. The number of rotatable bonds is 17. The molecule has 15 heteroatoms. The maximum atomic E-state index is 14.2. The van der Waals surface area contributed by atoms with Gasteiger partial charge < -0.3 is 37.1 Å². The van der Waals surface area contributed by atoms with E-state index in [4.69, 9.17) is 16.2 Å². The molecule has 3 aromatic carbocycles. The average molecular weight is 661 g/mol. The summed E-state index contributed by atoms with van der Waals surface area (Å²) in [6, 6.07) is 23.5. The van der Waals surface area contributed by atoms with Gasteiger partial charge in [0.1, 0.15) is 17.7 Å². The van der Waals surface area contributed by atoms with Crippen molar-refractivity contribution in [3.05, 3.63) is 117 Å². The normalized spacial score (nSPS) is 11.7. The van der Waals surface area contributed by atoms with Crippen LogP contribution in [0.15, 0.2) is 90.0 Å². The minimum Gasteiger partial charge on any atom is -0.465 e. The van der Waals surface area contributed by atoms with E-state index in [2.05, 4.69) is 21.1 Å². The van der Waals surface area contributed by atoms with Crippen LogP contribution in [0.4, 0.5) is 4.79 Å². The van der Waals surface area contributed by atoms with Gasteiger partial charge in [-0.15, -0.1) is 0 Å². The third-order valence-electron chi connectivity index (χ3n) is 7.11. The molecule has 3 aromatic rings. The van der Waals surface area contributed by atoms with Gasteiger partial charge in [-0.2, -0.15) is 0 Å². The minimum atomic E-state index is -1.10. The lowest BCUT2D eigenvalue weighted by molar-refractivity contribution is -0.485. The van der Waals surface area contributed by atoms with Crippen molar-refractivity contribution in [1.82, 2.24) is 20.9 Å². The van der Waals surface area contributed by atoms with Crippen molar-refractivity contribution in [2.45, 2.75) is 44.8 Å². The molecular weight excluding hydrogens is 620 g/mol. The first-order valence-electron chi connectivity index (χ1n) is 15.3. The summed E-state index contributed by atoms with van der Waals surface area (Å²) in [5.74, 6) is -2.75. The number of hydrogen-bond donors (Lipinski definition) is 5. The monoisotopic (exact) mass is 660 g/mol. The number of nitrogens with one attached hydrogen (secondary N) is 3. The Bertz CT molecular complexity index is 1510. The molecule has 0 fully saturated rings. The van der Waals surface area contributed by atoms with Crippen LogP contribution >= 0.6 is 0 Å². The predicted molar refractivity (Wildman–Crippen MR) is 177 cm³/mol. The maximum Gasteiger partial charge on any atom is 0.325 e. The number of amides is 4. The summed E-state index contributed by atoms with van der Waals surface area (Å²) in [7, 11) is 0. The highest BCUT2D eigenvalue weighted by Crippen LogP contribution is 2.25. The predicted octanol–water partition coefficient (Wildman–Crippen LogP) is 1.94. The van der Waals surface area contributed by atoms with Crippen molar-refractivity contribution < 1.29 is 28.9 Å². The number of nitrogens with two attached hydrogens (primary N) is 2. The quantitative estimate of drug-likeness (QED) is 0.0356. The van der Waals surface area contributed by atoms with E-state index >= 15 is 0 Å². The Hall–Kier alpha value is -5.99. The first kappa shape index (κ1) is 36.5. The van der Waals surface area contributed by atoms with Crippen LogP contribution in [-0.2, 0) is 32.2 Å². The van der Waals surface area contributed by atoms with Crippen molar-refractivity contribution in [3.63, 3.8) is 0 Å². The van der Waals surface area contributed by atoms with E-state index in [0.29, 0.717) is 16.7 Å². The van der Waals surface area contributed by atoms with E-state index < -0.39 is 46.8 Å². The van der Waals surface area contributed by atoms with E-state index in [1.165, 1.54) is 4.90 Å². The zero-order valence-electron chi connectivity index (χ0n) is 26.5. The van der Waals surface area contributed by atoms with Crippen molar-refractivity contribution in [1.29, 1.82) is 0 Å². The van der Waals surface area contributed by atoms with Crippen molar-refractivity contribution in [2.24, 2.45) is 16.6 Å². The zero-order valence-corrected chi connectivity index (χ0v) is 26.5. The Labute approximate surface area is 277 Å². The molecule has 0 bridgehead atoms. The molecule has 48 heavy (non-hydrogen) atoms. The lowest BCUT2D eigenvalue weighted by Gasteiger charge is -2.29. The minimum absolute atomic E-state index is 0.00896. The number of carbonyl (C=O) groups excluding carboxylic acids is 4. The zero-order chi connectivity index (χ0) is 34.9. The highest BCUT2D eigenvalue weighted by molar-refractivity contribution is 5.93. The SMILES string of the molecule is CCOC(=O)CN(Cc1ccc(CNC(N)=O)cc1)C(=O)[C@@H](CCCN/C(N)=N\[N+](=O)[O-])NC(=O)C(c1ccccc1)c1ccccc1. The van der Waals surface area contributed by atoms with E-state index in [9.17, 15) is 29.3 Å². The molecule has 0 aliphatic carbocycles. The third-order valence-corrected chi connectivity index (χ3v) is 7.11. The van der Waals surface area contributed by atoms with Gasteiger partial charge in [-0.25, -0.2) is 14.9 Å². The van der Waals surface area contributed by atoms with Gasteiger partial charge >= 0.3 is 12.0 Å². The molecule has 3 rings (SSSR count). The highest BCUT2D eigenvalue weighted by Gasteiger charge is 2.31. The second kappa shape index (κ2) is 18.9. The molecule has 0 heterocycles. The Morgan fingerprint density at radius 1 is 0.896 bits per heavy atom. The third kappa shape index (κ3) is 12.1. The van der Waals surface area contributed by atoms with Crippen molar-refractivity contribution in [3.8, 4) is 0 Å². The van der Waals surface area contributed by atoms with Gasteiger partial charge in [-0.3, -0.25) is 14.4 Å². The lowest BCUT2D eigenvalue weighted by Crippen LogP contribution is -2.51. The van der Waals surface area contributed by atoms with Gasteiger partial charge in [0.25, 0.3) is 5.96 Å². The molecule has 0 aliphatic rings. The lowest BCUT2D eigenvalue weighted by atomic mass is 9.90. The summed E-state index contributed by atoms with van der Waals surface area (Å²) in [5.41, 5.74) is 13.6. The number of nitrogens with zero attached hydrogens (tertiary/aromatic N) is 3. The number of primary amides is 1. The Morgan fingerprint density at radius 2 is 1.48 bits per heavy atom. The highest BCUT2D eigenvalue weighted by atomic mass is 16.7. The van der Waals surface area contributed by atoms with E-state index in [1.54, 1.807) is 31.2 Å². The standard InChI is InChI=1S/C33H40N8O7/c1-2-48-28(42)22-40(21-24-17-15-23(16-18-24)20-37-33(35)45)31(44)27(14-9-19-36-32(34)39-41(46)47)38-30(43)29(25-10-5-3-6-11-25)26-12-7-4-8-13-26/h3-8,10-13,15-18,27,29H,2,9,14,19-22H2,1H3,(H,38,43)(H3,34,36,39)(H3,35,37,45)/t27-/m1/s1. The molecular formula is C33H40N8O7. The second-order valence-corrected chi connectivity index (χ2v) is 10.6. The van der Waals surface area contributed by atoms with E-state index in [-0.39, 0.29) is 45.6 Å². The number of ether oxygens (including phenoxy) is 1. The summed E-state index contributed by atoms with van der Waals surface area (Å²) < 4.78 is 5.14. The van der Waals surface area contributed by atoms with Crippen LogP contribution in [-0.4, -0.2) is 65.4 Å². The molecule has 0 saturated heterocycles. The number of nitro groups is 1. The van der Waals surface area contributed by atoms with Gasteiger partial charge in [0.15, 0.2) is 5.03 Å². The molecule has 0 spiro atoms. The topological polar surface area (TPSA) is 224 Å². The fourth-order valence-corrected chi connectivity index (χ4v) is 4.91.